The Balaban J connectivity index is 0.000000224. The third-order valence-corrected chi connectivity index (χ3v) is 14.0. The van der Waals surface area contributed by atoms with E-state index < -0.39 is 35.1 Å². The molecule has 0 aliphatic heterocycles. The number of ether oxygens (including phenoxy) is 3. The second-order valence-corrected chi connectivity index (χ2v) is 26.1. The highest BCUT2D eigenvalue weighted by Gasteiger charge is 2.19. The van der Waals surface area contributed by atoms with Crippen LogP contribution in [0.3, 0.4) is 0 Å². The first kappa shape index (κ1) is 75.4. The van der Waals surface area contributed by atoms with Gasteiger partial charge in [0, 0.05) is 17.1 Å². The zero-order valence-corrected chi connectivity index (χ0v) is 58.4. The molecule has 19 nitrogen and oxygen atoms in total. The predicted octanol–water partition coefficient (Wildman–Crippen LogP) is 17.7. The van der Waals surface area contributed by atoms with Gasteiger partial charge in [0.2, 0.25) is 0 Å². The molecular weight excluding hydrogens is 1250 g/mol. The number of nitrogens with zero attached hydrogens (tertiary/aromatic N) is 4. The zero-order chi connectivity index (χ0) is 71.7. The molecule has 20 heteroatoms. The van der Waals surface area contributed by atoms with Gasteiger partial charge in [-0.15, -0.1) is 11.8 Å². The highest BCUT2D eigenvalue weighted by Crippen LogP contribution is 2.31. The first-order valence-corrected chi connectivity index (χ1v) is 32.4. The molecule has 15 N–H and O–H groups in total. The molecule has 0 aliphatic carbocycles. The number of benzene rings is 9. The van der Waals surface area contributed by atoms with Crippen LogP contribution in [-0.2, 0) is 14.2 Å². The summed E-state index contributed by atoms with van der Waals surface area (Å²) >= 11 is 1.43. The van der Waals surface area contributed by atoms with Gasteiger partial charge in [0.25, 0.3) is 0 Å². The molecule has 508 valence electrons. The van der Waals surface area contributed by atoms with Crippen molar-refractivity contribution in [2.75, 3.05) is 23.0 Å². The molecule has 0 saturated heterocycles. The number of nitrogens with one attached hydrogen (secondary N) is 3. The maximum Gasteiger partial charge on any atom is 0.434 e. The Hall–Kier alpha value is -11.6. The fourth-order valence-corrected chi connectivity index (χ4v) is 9.08. The minimum absolute atomic E-state index is 0.0490. The molecule has 0 spiro atoms. The molecule has 0 aliphatic rings. The van der Waals surface area contributed by atoms with Crippen LogP contribution in [0.2, 0.25) is 0 Å². The normalized spacial score (nSPS) is 11.2. The van der Waals surface area contributed by atoms with Crippen LogP contribution >= 0.6 is 11.8 Å². The predicted molar refractivity (Wildman–Crippen MR) is 409 cm³/mol. The Kier molecular flexibility index (Phi) is 27.1. The number of nitrogens with two attached hydrogens (primary N) is 6. The number of hydrogen-bond acceptors (Lipinski definition) is 13. The number of carbonyl (C=O) groups is 3. The molecule has 0 aromatic heterocycles. The van der Waals surface area contributed by atoms with Crippen LogP contribution < -0.4 is 50.4 Å². The number of nitrogen functional groups attached to an aromatic ring is 2. The first-order chi connectivity index (χ1) is 46.2. The summed E-state index contributed by atoms with van der Waals surface area (Å²) in [5, 5.41) is 9.00. The molecule has 9 aromatic carbocycles. The van der Waals surface area contributed by atoms with Crippen molar-refractivity contribution in [2.24, 2.45) is 42.9 Å². The molecule has 0 fully saturated rings. The molecule has 0 bridgehead atoms. The summed E-state index contributed by atoms with van der Waals surface area (Å²) in [7, 11) is 0. The molecule has 9 aromatic rings. The van der Waals surface area contributed by atoms with Gasteiger partial charge in [0.1, 0.15) is 28.5 Å². The number of amides is 3. The standard InChI is InChI=1S/C32H38N4O4.C20H20N6.C18H16N2.C8H15NO2S/c1-21(35-29(37)39-31(3,4)5)33-27-17-13-25(14-18-27)23-9-11-24(12-10-23)26-15-19-28(20-16-26)34-22(2)36-30(38)40-32(6,7)8;21-19(22)25-17-9-5-15(6-10-17)13-1-2-14(4-3-13)16-7-11-18(12-8-16)26-20(23)24;19-17-9-5-15(6-10-17)13-1-2-14(4-3-13)16-7-11-18(20)12-8-16;1-6(12-5)9-7(10)11-8(2,3)4/h9-20,33H,1H2,2-8H3,(H,35,37)(H,34,36,38);1-12H,(H4,21,22,25)(H4,23,24,26);1-12H,19-20H2;1-5H3. The van der Waals surface area contributed by atoms with Crippen molar-refractivity contribution in [3.8, 4) is 66.8 Å². The fraction of sp³-hybridized carbons (Fsp3) is 0.192. The summed E-state index contributed by atoms with van der Waals surface area (Å²) in [4.78, 5) is 51.0. The maximum absolute atomic E-state index is 11.9. The zero-order valence-electron chi connectivity index (χ0n) is 57.6. The first-order valence-electron chi connectivity index (χ1n) is 31.2. The van der Waals surface area contributed by atoms with Crippen molar-refractivity contribution in [1.82, 2.24) is 10.6 Å². The van der Waals surface area contributed by atoms with E-state index in [0.717, 1.165) is 78.6 Å². The summed E-state index contributed by atoms with van der Waals surface area (Å²) in [6.07, 6.45) is 0.254. The average molecular weight is 1340 g/mol. The molecule has 98 heavy (non-hydrogen) atoms. The topological polar surface area (TPSA) is 321 Å². The van der Waals surface area contributed by atoms with Crippen molar-refractivity contribution < 1.29 is 28.6 Å². The Morgan fingerprint density at radius 2 is 0.622 bits per heavy atom. The third-order valence-electron chi connectivity index (χ3n) is 13.3. The van der Waals surface area contributed by atoms with Crippen molar-refractivity contribution in [3.63, 3.8) is 0 Å². The highest BCUT2D eigenvalue weighted by molar-refractivity contribution is 8.13. The fourth-order valence-electron chi connectivity index (χ4n) is 8.91. The van der Waals surface area contributed by atoms with Gasteiger partial charge in [0.15, 0.2) is 11.9 Å². The summed E-state index contributed by atoms with van der Waals surface area (Å²) < 4.78 is 15.5. The van der Waals surface area contributed by atoms with Gasteiger partial charge in [0.05, 0.1) is 22.1 Å². The molecule has 3 amide bonds. The lowest BCUT2D eigenvalue weighted by Gasteiger charge is -2.20. The van der Waals surface area contributed by atoms with E-state index in [4.69, 9.17) is 48.6 Å². The highest BCUT2D eigenvalue weighted by atomic mass is 32.2. The van der Waals surface area contributed by atoms with Crippen molar-refractivity contribution in [2.45, 2.75) is 93.0 Å². The minimum atomic E-state index is -0.582. The number of carbonyl (C=O) groups excluding carboxylic acids is 3. The van der Waals surface area contributed by atoms with Gasteiger partial charge in [-0.05, 0) is 222 Å². The Morgan fingerprint density at radius 3 is 0.888 bits per heavy atom. The van der Waals surface area contributed by atoms with E-state index >= 15 is 0 Å². The summed E-state index contributed by atoms with van der Waals surface area (Å²) in [6.45, 7) is 23.6. The van der Waals surface area contributed by atoms with E-state index in [0.29, 0.717) is 16.7 Å². The molecule has 0 atom stereocenters. The number of rotatable bonds is 12. The van der Waals surface area contributed by atoms with Crippen molar-refractivity contribution >= 4 is 87.0 Å². The number of amidine groups is 1. The number of hydrogen-bond donors (Lipinski definition) is 9. The lowest BCUT2D eigenvalue weighted by molar-refractivity contribution is 0.0540. The van der Waals surface area contributed by atoms with E-state index in [-0.39, 0.29) is 11.9 Å². The molecule has 9 rings (SSSR count). The van der Waals surface area contributed by atoms with Crippen LogP contribution in [-0.4, -0.2) is 64.1 Å². The van der Waals surface area contributed by atoms with Crippen LogP contribution in [0.4, 0.5) is 48.5 Å². The van der Waals surface area contributed by atoms with Gasteiger partial charge < -0.3 is 53.9 Å². The van der Waals surface area contributed by atoms with E-state index in [1.165, 1.54) is 34.0 Å². The number of anilines is 3. The van der Waals surface area contributed by atoms with E-state index in [9.17, 15) is 14.4 Å². The monoisotopic (exact) mass is 1340 g/mol. The second kappa shape index (κ2) is 35.2. The summed E-state index contributed by atoms with van der Waals surface area (Å²) in [5.41, 5.74) is 49.3. The second-order valence-electron chi connectivity index (χ2n) is 25.1. The lowest BCUT2D eigenvalue weighted by atomic mass is 10.00. The minimum Gasteiger partial charge on any atom is -0.444 e. The molecule has 0 radical (unpaired) electrons. The Morgan fingerprint density at radius 1 is 0.378 bits per heavy atom. The van der Waals surface area contributed by atoms with Crippen molar-refractivity contribution in [3.05, 3.63) is 231 Å². The molecule has 0 unspecified atom stereocenters. The quantitative estimate of drug-likeness (QED) is 0.0238. The largest absolute Gasteiger partial charge is 0.444 e. The van der Waals surface area contributed by atoms with E-state index in [1.807, 2.05) is 193 Å². The maximum atomic E-state index is 11.9. The SMILES string of the molecule is C=C(NC(=O)OC(C)(C)C)Nc1ccc(-c2ccc(-c3ccc(N=C(C)NC(=O)OC(C)(C)C)cc3)cc2)cc1.CSC(C)=NC(=O)OC(C)(C)C.NC(N)=Nc1ccc(-c2ccc(-c3ccc(N=C(N)N)cc3)cc2)cc1.Nc1ccc(-c2ccc(-c3ccc(N)cc3)cc2)cc1. The number of alkyl carbamates (subject to hydrolysis) is 2. The third kappa shape index (κ3) is 27.0. The number of aliphatic imine (C=N–C) groups is 4. The smallest absolute Gasteiger partial charge is 0.434 e. The van der Waals surface area contributed by atoms with Gasteiger partial charge in [-0.25, -0.2) is 29.4 Å². The summed E-state index contributed by atoms with van der Waals surface area (Å²) in [6, 6.07) is 72.0. The van der Waals surface area contributed by atoms with E-state index in [1.54, 1.807) is 34.6 Å². The molecule has 0 heterocycles. The van der Waals surface area contributed by atoms with Crippen LogP contribution in [0.25, 0.3) is 66.8 Å². The van der Waals surface area contributed by atoms with Gasteiger partial charge in [-0.1, -0.05) is 152 Å². The van der Waals surface area contributed by atoms with Gasteiger partial charge in [-0.2, -0.15) is 4.99 Å². The van der Waals surface area contributed by atoms with Crippen LogP contribution in [0.1, 0.15) is 76.2 Å². The number of guanidine groups is 2. The molecular formula is C78H89N13O6S. The Labute approximate surface area is 579 Å². The average Bonchev–Trinajstić information content (AvgIpc) is 0.900. The number of thioether (sulfide) groups is 1. The van der Waals surface area contributed by atoms with Crippen LogP contribution in [0.15, 0.2) is 251 Å². The lowest BCUT2D eigenvalue weighted by Crippen LogP contribution is -2.35. The van der Waals surface area contributed by atoms with Crippen molar-refractivity contribution in [1.29, 1.82) is 0 Å². The van der Waals surface area contributed by atoms with Crippen LogP contribution in [0, 0.1) is 0 Å². The van der Waals surface area contributed by atoms with E-state index in [2.05, 4.69) is 115 Å². The van der Waals surface area contributed by atoms with Gasteiger partial charge >= 0.3 is 18.3 Å². The Bertz CT molecular complexity index is 4060. The molecule has 0 saturated carbocycles. The van der Waals surface area contributed by atoms with Gasteiger partial charge in [-0.3, -0.25) is 10.6 Å². The van der Waals surface area contributed by atoms with Crippen LogP contribution in [0.5, 0.6) is 0 Å². The summed E-state index contributed by atoms with van der Waals surface area (Å²) in [5.74, 6) is 0.884.